The fraction of sp³-hybridized carbons (Fsp3) is 0.429. The lowest BCUT2D eigenvalue weighted by molar-refractivity contribution is -0.143. The number of likely N-dealkylation sites (tertiary alicyclic amines) is 1. The smallest absolute Gasteiger partial charge is 0.326 e. The number of carboxylic acid groups (broad SMARTS) is 1. The number of benzene rings is 1. The second-order valence-electron chi connectivity index (χ2n) is 8.07. The average Bonchev–Trinajstić information content (AvgIpc) is 3.32. The first-order valence-corrected chi connectivity index (χ1v) is 10.4. The maximum absolute atomic E-state index is 13.0. The third-order valence-corrected chi connectivity index (χ3v) is 5.86. The number of anilines is 1. The number of aromatic nitrogens is 1. The van der Waals surface area contributed by atoms with Crippen molar-refractivity contribution in [1.29, 1.82) is 0 Å². The molecule has 1 saturated heterocycles. The molecule has 1 aromatic heterocycles. The second-order valence-corrected chi connectivity index (χ2v) is 8.07. The third kappa shape index (κ3) is 4.52. The molecule has 1 aromatic carbocycles. The number of carboxylic acids is 1. The topological polar surface area (TPSA) is 173 Å². The summed E-state index contributed by atoms with van der Waals surface area (Å²) in [7, 11) is 0. The number of hydrogen-bond donors (Lipinski definition) is 5. The van der Waals surface area contributed by atoms with Gasteiger partial charge in [0.25, 0.3) is 0 Å². The number of amides is 4. The average molecular weight is 444 g/mol. The molecular formula is C21H28N6O5. The normalized spacial score (nSPS) is 20.0. The Bertz CT molecular complexity index is 1050. The van der Waals surface area contributed by atoms with Crippen molar-refractivity contribution in [3.05, 3.63) is 30.5 Å². The molecule has 1 aliphatic heterocycles. The van der Waals surface area contributed by atoms with Gasteiger partial charge in [-0.3, -0.25) is 9.36 Å². The fourth-order valence-electron chi connectivity index (χ4n) is 3.92. The van der Waals surface area contributed by atoms with E-state index in [9.17, 15) is 24.3 Å². The Morgan fingerprint density at radius 2 is 1.94 bits per heavy atom. The number of rotatable bonds is 6. The number of urea groups is 1. The van der Waals surface area contributed by atoms with Gasteiger partial charge in [-0.2, -0.15) is 0 Å². The van der Waals surface area contributed by atoms with Crippen LogP contribution in [0.15, 0.2) is 30.5 Å². The van der Waals surface area contributed by atoms with Crippen molar-refractivity contribution in [2.75, 3.05) is 11.9 Å². The molecule has 0 saturated carbocycles. The maximum atomic E-state index is 13.0. The Morgan fingerprint density at radius 1 is 1.25 bits per heavy atom. The molecule has 0 aliphatic carbocycles. The van der Waals surface area contributed by atoms with Gasteiger partial charge in [0, 0.05) is 24.2 Å². The van der Waals surface area contributed by atoms with Gasteiger partial charge in [0.2, 0.25) is 5.91 Å². The molecule has 2 aromatic rings. The fourth-order valence-corrected chi connectivity index (χ4v) is 3.92. The molecular weight excluding hydrogens is 416 g/mol. The molecule has 11 nitrogen and oxygen atoms in total. The molecule has 2 heterocycles. The molecule has 172 valence electrons. The van der Waals surface area contributed by atoms with E-state index in [2.05, 4.69) is 10.6 Å². The van der Waals surface area contributed by atoms with Crippen LogP contribution < -0.4 is 22.1 Å². The number of carbonyl (C=O) groups excluding carboxylic acids is 3. The molecule has 1 fully saturated rings. The summed E-state index contributed by atoms with van der Waals surface area (Å²) < 4.78 is 1.22. The van der Waals surface area contributed by atoms with Crippen molar-refractivity contribution in [3.8, 4) is 0 Å². The Balaban J connectivity index is 1.81. The Labute approximate surface area is 184 Å². The first kappa shape index (κ1) is 23.1. The van der Waals surface area contributed by atoms with E-state index in [-0.39, 0.29) is 18.9 Å². The number of carbonyl (C=O) groups is 4. The van der Waals surface area contributed by atoms with Gasteiger partial charge in [-0.15, -0.1) is 0 Å². The van der Waals surface area contributed by atoms with Gasteiger partial charge in [0.15, 0.2) is 0 Å². The zero-order chi connectivity index (χ0) is 23.6. The standard InChI is InChI=1S/C21H28N6O5/c1-3-11(2)17(19(29)30)25-18(28)16-8-12(22)9-27(16)21(32)24-14-10-26(20(23)31)15-7-5-4-6-13(14)15/h4-7,10-12,16-17H,3,8-9,22H2,1-2H3,(H2,23,31)(H,24,32)(H,25,28)(H,29,30)/t11-,12-,16-,17-/m0/s1. The van der Waals surface area contributed by atoms with Gasteiger partial charge in [0.1, 0.15) is 12.1 Å². The summed E-state index contributed by atoms with van der Waals surface area (Å²) in [5, 5.41) is 15.3. The van der Waals surface area contributed by atoms with E-state index in [0.717, 1.165) is 0 Å². The molecule has 11 heteroatoms. The minimum absolute atomic E-state index is 0.124. The molecule has 0 bridgehead atoms. The number of hydrogen-bond acceptors (Lipinski definition) is 5. The predicted octanol–water partition coefficient (Wildman–Crippen LogP) is 1.12. The highest BCUT2D eigenvalue weighted by Gasteiger charge is 2.40. The molecule has 1 aliphatic rings. The predicted molar refractivity (Wildman–Crippen MR) is 118 cm³/mol. The van der Waals surface area contributed by atoms with E-state index in [0.29, 0.717) is 23.0 Å². The summed E-state index contributed by atoms with van der Waals surface area (Å²) in [5.74, 6) is -1.99. The minimum atomic E-state index is -1.13. The van der Waals surface area contributed by atoms with E-state index in [1.54, 1.807) is 31.2 Å². The Hall–Kier alpha value is -3.60. The van der Waals surface area contributed by atoms with Crippen LogP contribution in [-0.2, 0) is 9.59 Å². The molecule has 32 heavy (non-hydrogen) atoms. The Kier molecular flexibility index (Phi) is 6.68. The van der Waals surface area contributed by atoms with Crippen molar-refractivity contribution < 1.29 is 24.3 Å². The van der Waals surface area contributed by atoms with Crippen molar-refractivity contribution in [3.63, 3.8) is 0 Å². The summed E-state index contributed by atoms with van der Waals surface area (Å²) in [6.45, 7) is 3.69. The zero-order valence-electron chi connectivity index (χ0n) is 17.9. The number of nitrogens with zero attached hydrogens (tertiary/aromatic N) is 2. The summed E-state index contributed by atoms with van der Waals surface area (Å²) >= 11 is 0. The van der Waals surface area contributed by atoms with Gasteiger partial charge < -0.3 is 32.1 Å². The molecule has 0 unspecified atom stereocenters. The van der Waals surface area contributed by atoms with Crippen LogP contribution in [0.25, 0.3) is 10.9 Å². The number of para-hydroxylation sites is 1. The number of nitrogens with one attached hydrogen (secondary N) is 2. The highest BCUT2D eigenvalue weighted by Crippen LogP contribution is 2.27. The lowest BCUT2D eigenvalue weighted by Crippen LogP contribution is -2.53. The van der Waals surface area contributed by atoms with Gasteiger partial charge in [-0.1, -0.05) is 38.5 Å². The van der Waals surface area contributed by atoms with Gasteiger partial charge >= 0.3 is 18.0 Å². The highest BCUT2D eigenvalue weighted by atomic mass is 16.4. The van der Waals surface area contributed by atoms with Crippen LogP contribution in [0.2, 0.25) is 0 Å². The third-order valence-electron chi connectivity index (χ3n) is 5.86. The van der Waals surface area contributed by atoms with Crippen LogP contribution in [0.5, 0.6) is 0 Å². The van der Waals surface area contributed by atoms with E-state index in [4.69, 9.17) is 11.5 Å². The number of fused-ring (bicyclic) bond motifs is 1. The summed E-state index contributed by atoms with van der Waals surface area (Å²) in [6, 6.07) is 3.22. The van der Waals surface area contributed by atoms with Gasteiger partial charge in [0.05, 0.1) is 11.2 Å². The summed E-state index contributed by atoms with van der Waals surface area (Å²) in [4.78, 5) is 50.5. The minimum Gasteiger partial charge on any atom is -0.480 e. The van der Waals surface area contributed by atoms with E-state index >= 15 is 0 Å². The number of primary amides is 1. The zero-order valence-corrected chi connectivity index (χ0v) is 17.9. The largest absolute Gasteiger partial charge is 0.480 e. The second kappa shape index (κ2) is 9.27. The summed E-state index contributed by atoms with van der Waals surface area (Å²) in [5.41, 5.74) is 12.3. The van der Waals surface area contributed by atoms with E-state index < -0.39 is 42.1 Å². The van der Waals surface area contributed by atoms with Crippen molar-refractivity contribution in [2.45, 2.75) is 44.8 Å². The van der Waals surface area contributed by atoms with E-state index in [1.807, 2.05) is 6.92 Å². The van der Waals surface area contributed by atoms with Crippen LogP contribution >= 0.6 is 0 Å². The van der Waals surface area contributed by atoms with Crippen LogP contribution in [0.4, 0.5) is 15.3 Å². The van der Waals surface area contributed by atoms with Crippen molar-refractivity contribution >= 4 is 40.5 Å². The molecule has 3 rings (SSSR count). The first-order chi connectivity index (χ1) is 15.1. The molecule has 4 atom stereocenters. The molecule has 7 N–H and O–H groups in total. The van der Waals surface area contributed by atoms with Gasteiger partial charge in [-0.05, 0) is 18.4 Å². The molecule has 0 spiro atoms. The number of aliphatic carboxylic acids is 1. The first-order valence-electron chi connectivity index (χ1n) is 10.4. The van der Waals surface area contributed by atoms with Crippen LogP contribution in [0, 0.1) is 5.92 Å². The summed E-state index contributed by atoms with van der Waals surface area (Å²) in [6.07, 6.45) is 2.18. The van der Waals surface area contributed by atoms with E-state index in [1.165, 1.54) is 15.7 Å². The van der Waals surface area contributed by atoms with Crippen LogP contribution in [-0.4, -0.2) is 63.2 Å². The van der Waals surface area contributed by atoms with Crippen molar-refractivity contribution in [1.82, 2.24) is 14.8 Å². The lowest BCUT2D eigenvalue weighted by atomic mass is 9.98. The van der Waals surface area contributed by atoms with Crippen LogP contribution in [0.3, 0.4) is 0 Å². The highest BCUT2D eigenvalue weighted by molar-refractivity contribution is 6.05. The van der Waals surface area contributed by atoms with Crippen LogP contribution in [0.1, 0.15) is 26.7 Å². The lowest BCUT2D eigenvalue weighted by Gasteiger charge is -2.27. The maximum Gasteiger partial charge on any atom is 0.326 e. The van der Waals surface area contributed by atoms with Crippen molar-refractivity contribution in [2.24, 2.45) is 17.4 Å². The Morgan fingerprint density at radius 3 is 2.56 bits per heavy atom. The number of nitrogens with two attached hydrogens (primary N) is 2. The molecule has 0 radical (unpaired) electrons. The quantitative estimate of drug-likeness (QED) is 0.446. The monoisotopic (exact) mass is 444 g/mol. The van der Waals surface area contributed by atoms with Gasteiger partial charge in [-0.25, -0.2) is 14.4 Å². The molecule has 4 amide bonds. The SMILES string of the molecule is CC[C@H](C)[C@H](NC(=O)[C@@H]1C[C@H](N)CN1C(=O)Nc1cn(C(N)=O)c2ccccc12)C(=O)O.